The van der Waals surface area contributed by atoms with Gasteiger partial charge in [0, 0.05) is 5.75 Å². The van der Waals surface area contributed by atoms with Gasteiger partial charge in [-0.3, -0.25) is 0 Å². The van der Waals surface area contributed by atoms with Crippen LogP contribution in [-0.2, 0) is 9.53 Å². The van der Waals surface area contributed by atoms with Crippen LogP contribution in [0.3, 0.4) is 0 Å². The first-order valence-corrected chi connectivity index (χ1v) is 4.45. The molecule has 0 atom stereocenters. The van der Waals surface area contributed by atoms with Gasteiger partial charge in [0.1, 0.15) is 0 Å². The van der Waals surface area contributed by atoms with Gasteiger partial charge >= 0.3 is 29.6 Å². The summed E-state index contributed by atoms with van der Waals surface area (Å²) in [6.45, 7) is 3.65. The molecule has 0 saturated carbocycles. The zero-order valence-corrected chi connectivity index (χ0v) is 11.0. The van der Waals surface area contributed by atoms with Crippen LogP contribution in [-0.4, -0.2) is 22.2 Å². The molecule has 0 aliphatic rings. The molecule has 6 heteroatoms. The Kier molecular flexibility index (Phi) is 10.5. The van der Waals surface area contributed by atoms with Crippen LogP contribution in [0.5, 0.6) is 0 Å². The molecule has 0 rings (SSSR count). The summed E-state index contributed by atoms with van der Waals surface area (Å²) in [6, 6.07) is 0. The summed E-state index contributed by atoms with van der Waals surface area (Å²) < 4.78 is 5.26. The Morgan fingerprint density at radius 1 is 1.67 bits per heavy atom. The minimum atomic E-state index is -1.13. The summed E-state index contributed by atoms with van der Waals surface area (Å²) >= 11 is 5.66. The van der Waals surface area contributed by atoms with Crippen molar-refractivity contribution in [2.75, 3.05) is 5.75 Å². The van der Waals surface area contributed by atoms with Crippen molar-refractivity contribution in [1.82, 2.24) is 0 Å². The molecule has 0 aliphatic carbocycles. The fourth-order valence-corrected chi connectivity index (χ4v) is 1.21. The van der Waals surface area contributed by atoms with Gasteiger partial charge in [-0.05, 0) is 26.1 Å². The number of aliphatic carboxylic acids is 1. The monoisotopic (exact) mass is 216 g/mol. The SMILES string of the molecule is CC(C)OC(=S)SCC(=O)[O-].[Na+]. The van der Waals surface area contributed by atoms with Crippen molar-refractivity contribution >= 4 is 34.3 Å². The van der Waals surface area contributed by atoms with Crippen molar-refractivity contribution in [3.63, 3.8) is 0 Å². The van der Waals surface area contributed by atoms with Crippen molar-refractivity contribution in [2.45, 2.75) is 20.0 Å². The molecule has 0 N–H and O–H groups in total. The molecule has 0 spiro atoms. The maximum absolute atomic E-state index is 9.94. The fraction of sp³-hybridized carbons (Fsp3) is 0.667. The number of carboxylic acids is 1. The van der Waals surface area contributed by atoms with Gasteiger partial charge in [0.2, 0.25) is 4.38 Å². The number of carbonyl (C=O) groups excluding carboxylic acids is 1. The van der Waals surface area contributed by atoms with Crippen molar-refractivity contribution in [2.24, 2.45) is 0 Å². The van der Waals surface area contributed by atoms with E-state index in [1.54, 1.807) is 0 Å². The van der Waals surface area contributed by atoms with Gasteiger partial charge in [-0.1, -0.05) is 11.8 Å². The summed E-state index contributed by atoms with van der Waals surface area (Å²) in [5.74, 6) is -1.28. The predicted octanol–water partition coefficient (Wildman–Crippen LogP) is -2.82. The Hall–Kier alpha value is 0.710. The fourth-order valence-electron chi connectivity index (χ4n) is 0.344. The third-order valence-corrected chi connectivity index (χ3v) is 1.80. The number of thioether (sulfide) groups is 1. The van der Waals surface area contributed by atoms with Crippen LogP contribution >= 0.6 is 24.0 Å². The van der Waals surface area contributed by atoms with Crippen molar-refractivity contribution in [3.05, 3.63) is 0 Å². The second-order valence-electron chi connectivity index (χ2n) is 2.08. The van der Waals surface area contributed by atoms with Crippen LogP contribution in [0.4, 0.5) is 0 Å². The van der Waals surface area contributed by atoms with Gasteiger partial charge in [0.15, 0.2) is 0 Å². The van der Waals surface area contributed by atoms with Crippen LogP contribution in [0.1, 0.15) is 13.8 Å². The normalized spacial score (nSPS) is 8.92. The van der Waals surface area contributed by atoms with Crippen LogP contribution in [0.2, 0.25) is 0 Å². The first-order chi connectivity index (χ1) is 5.02. The minimum absolute atomic E-state index is 0. The van der Waals surface area contributed by atoms with Crippen LogP contribution in [0, 0.1) is 0 Å². The number of carbonyl (C=O) groups is 1. The second kappa shape index (κ2) is 8.31. The van der Waals surface area contributed by atoms with Gasteiger partial charge in [0.05, 0.1) is 12.1 Å². The Morgan fingerprint density at radius 3 is 2.50 bits per heavy atom. The van der Waals surface area contributed by atoms with Gasteiger partial charge in [0.25, 0.3) is 0 Å². The Morgan fingerprint density at radius 2 is 2.17 bits per heavy atom. The van der Waals surface area contributed by atoms with E-state index in [4.69, 9.17) is 17.0 Å². The third kappa shape index (κ3) is 10.7. The number of rotatable bonds is 3. The number of hydrogen-bond donors (Lipinski definition) is 0. The topological polar surface area (TPSA) is 49.4 Å². The third-order valence-electron chi connectivity index (χ3n) is 0.640. The Balaban J connectivity index is 0. The molecule has 0 fully saturated rings. The van der Waals surface area contributed by atoms with Gasteiger partial charge < -0.3 is 14.6 Å². The van der Waals surface area contributed by atoms with E-state index in [-0.39, 0.29) is 45.8 Å². The maximum Gasteiger partial charge on any atom is 1.00 e. The van der Waals surface area contributed by atoms with Crippen molar-refractivity contribution in [3.8, 4) is 0 Å². The molecular weight excluding hydrogens is 207 g/mol. The first-order valence-electron chi connectivity index (χ1n) is 3.05. The summed E-state index contributed by atoms with van der Waals surface area (Å²) in [4.78, 5) is 9.94. The predicted molar refractivity (Wildman–Crippen MR) is 46.3 cm³/mol. The molecule has 0 aromatic rings. The average Bonchev–Trinajstić information content (AvgIpc) is 1.82. The second-order valence-corrected chi connectivity index (χ2v) is 3.65. The molecule has 0 aromatic carbocycles. The van der Waals surface area contributed by atoms with Crippen LogP contribution in [0.15, 0.2) is 0 Å². The summed E-state index contributed by atoms with van der Waals surface area (Å²) in [6.07, 6.45) is -0.00301. The van der Waals surface area contributed by atoms with Crippen LogP contribution in [0.25, 0.3) is 0 Å². The molecule has 12 heavy (non-hydrogen) atoms. The van der Waals surface area contributed by atoms with Gasteiger partial charge in [-0.25, -0.2) is 0 Å². The van der Waals surface area contributed by atoms with Crippen molar-refractivity contribution in [1.29, 1.82) is 0 Å². The molecule has 0 bridgehead atoms. The summed E-state index contributed by atoms with van der Waals surface area (Å²) in [5, 5.41) is 9.94. The summed E-state index contributed by atoms with van der Waals surface area (Å²) in [5.41, 5.74) is 0. The molecule has 0 aromatic heterocycles. The number of hydrogen-bond acceptors (Lipinski definition) is 5. The number of carboxylic acid groups (broad SMARTS) is 1. The molecule has 0 heterocycles. The molecule has 64 valence electrons. The molecule has 0 unspecified atom stereocenters. The largest absolute Gasteiger partial charge is 1.00 e. The number of thiocarbonyl (C=S) groups is 1. The smallest absolute Gasteiger partial charge is 0.549 e. The minimum Gasteiger partial charge on any atom is -0.549 e. The molecule has 0 amide bonds. The Bertz CT molecular complexity index is 161. The van der Waals surface area contributed by atoms with E-state index in [0.717, 1.165) is 11.8 Å². The van der Waals surface area contributed by atoms with Gasteiger partial charge in [-0.15, -0.1) is 0 Å². The molecule has 0 radical (unpaired) electrons. The van der Waals surface area contributed by atoms with Crippen LogP contribution < -0.4 is 34.7 Å². The van der Waals surface area contributed by atoms with E-state index in [1.165, 1.54) is 0 Å². The van der Waals surface area contributed by atoms with E-state index < -0.39 is 5.97 Å². The van der Waals surface area contributed by atoms with E-state index >= 15 is 0 Å². The standard InChI is InChI=1S/C6H10O3S2.Na/c1-4(2)9-6(10)11-3-5(7)8;/h4H,3H2,1-2H3,(H,7,8);/q;+1/p-1. The van der Waals surface area contributed by atoms with E-state index in [2.05, 4.69) is 0 Å². The van der Waals surface area contributed by atoms with E-state index in [1.807, 2.05) is 13.8 Å². The summed E-state index contributed by atoms with van der Waals surface area (Å²) in [7, 11) is 0. The Labute approximate surface area is 104 Å². The zero-order valence-electron chi connectivity index (χ0n) is 7.33. The molecule has 0 saturated heterocycles. The van der Waals surface area contributed by atoms with Crippen molar-refractivity contribution < 1.29 is 44.2 Å². The zero-order chi connectivity index (χ0) is 8.85. The molecule has 0 aliphatic heterocycles. The molecular formula is C6H9NaO3S2. The van der Waals surface area contributed by atoms with Gasteiger partial charge in [-0.2, -0.15) is 0 Å². The van der Waals surface area contributed by atoms with E-state index in [0.29, 0.717) is 0 Å². The number of ether oxygens (including phenoxy) is 1. The average molecular weight is 216 g/mol. The maximum atomic E-state index is 9.94. The van der Waals surface area contributed by atoms with E-state index in [9.17, 15) is 9.90 Å². The molecule has 3 nitrogen and oxygen atoms in total. The quantitative estimate of drug-likeness (QED) is 0.376. The first kappa shape index (κ1) is 15.2.